The van der Waals surface area contributed by atoms with Crippen molar-refractivity contribution in [2.75, 3.05) is 5.32 Å². The van der Waals surface area contributed by atoms with Gasteiger partial charge in [0, 0.05) is 11.1 Å². The summed E-state index contributed by atoms with van der Waals surface area (Å²) in [7, 11) is -4.48. The average Bonchev–Trinajstić information content (AvgIpc) is 2.74. The van der Waals surface area contributed by atoms with E-state index in [1.165, 1.54) is 17.4 Å². The summed E-state index contributed by atoms with van der Waals surface area (Å²) in [6, 6.07) is 2.77. The van der Waals surface area contributed by atoms with E-state index >= 15 is 0 Å². The lowest BCUT2D eigenvalue weighted by molar-refractivity contribution is 0.444. The van der Waals surface area contributed by atoms with Crippen LogP contribution in [-0.2, 0) is 16.7 Å². The molecule has 1 heterocycles. The lowest BCUT2D eigenvalue weighted by Crippen LogP contribution is -2.04. The number of nitrogens with one attached hydrogen (secondary N) is 1. The Balaban J connectivity index is 2.30. The normalized spacial score (nSPS) is 11.6. The predicted molar refractivity (Wildman–Crippen MR) is 77.1 cm³/mol. The van der Waals surface area contributed by atoms with Gasteiger partial charge in [-0.1, -0.05) is 11.6 Å². The fourth-order valence-electron chi connectivity index (χ4n) is 1.62. The molecule has 0 bridgehead atoms. The van der Waals surface area contributed by atoms with Gasteiger partial charge in [-0.15, -0.1) is 11.3 Å². The van der Waals surface area contributed by atoms with E-state index in [0.717, 1.165) is 4.88 Å². The smallest absolute Gasteiger partial charge is 0.298 e. The van der Waals surface area contributed by atoms with Gasteiger partial charge >= 0.3 is 0 Å². The molecule has 6 nitrogen and oxygen atoms in total. The van der Waals surface area contributed by atoms with E-state index in [1.807, 2.05) is 0 Å². The summed E-state index contributed by atoms with van der Waals surface area (Å²) in [6.45, 7) is 1.98. The predicted octanol–water partition coefficient (Wildman–Crippen LogP) is 2.67. The van der Waals surface area contributed by atoms with Crippen molar-refractivity contribution in [2.24, 2.45) is 0 Å². The minimum Gasteiger partial charge on any atom is -0.504 e. The number of hydrogen-bond acceptors (Lipinski definition) is 6. The Morgan fingerprint density at radius 3 is 2.70 bits per heavy atom. The fourth-order valence-corrected chi connectivity index (χ4v) is 3.23. The van der Waals surface area contributed by atoms with Crippen LogP contribution in [-0.4, -0.2) is 23.1 Å². The molecule has 9 heteroatoms. The number of rotatable bonds is 4. The number of anilines is 1. The summed E-state index contributed by atoms with van der Waals surface area (Å²) < 4.78 is 31.8. The topological polar surface area (TPSA) is 99.5 Å². The van der Waals surface area contributed by atoms with Crippen LogP contribution < -0.4 is 5.32 Å². The highest BCUT2D eigenvalue weighted by Gasteiger charge is 2.19. The van der Waals surface area contributed by atoms with E-state index in [1.54, 1.807) is 19.2 Å². The Labute approximate surface area is 124 Å². The highest BCUT2D eigenvalue weighted by molar-refractivity contribution is 7.86. The number of aryl methyl sites for hydroxylation is 1. The van der Waals surface area contributed by atoms with Gasteiger partial charge in [-0.3, -0.25) is 4.55 Å². The molecular formula is C11H11ClN2O4S2. The molecule has 3 N–H and O–H groups in total. The summed E-state index contributed by atoms with van der Waals surface area (Å²) >= 11 is 6.97. The average molecular weight is 335 g/mol. The summed E-state index contributed by atoms with van der Waals surface area (Å²) in [4.78, 5) is 4.17. The molecule has 0 spiro atoms. The Kier molecular flexibility index (Phi) is 4.19. The van der Waals surface area contributed by atoms with Gasteiger partial charge in [0.05, 0.1) is 12.2 Å². The van der Waals surface area contributed by atoms with Crippen molar-refractivity contribution in [3.05, 3.63) is 33.2 Å². The molecule has 0 unspecified atom stereocenters. The summed E-state index contributed by atoms with van der Waals surface area (Å²) in [5.74, 6) is -0.520. The molecule has 1 aromatic heterocycles. The van der Waals surface area contributed by atoms with Crippen LogP contribution >= 0.6 is 22.9 Å². The van der Waals surface area contributed by atoms with E-state index in [4.69, 9.17) is 16.2 Å². The van der Waals surface area contributed by atoms with Crippen molar-refractivity contribution in [2.45, 2.75) is 18.4 Å². The molecule has 0 fully saturated rings. The molecule has 2 rings (SSSR count). The largest absolute Gasteiger partial charge is 0.504 e. The van der Waals surface area contributed by atoms with Crippen molar-refractivity contribution < 1.29 is 18.1 Å². The highest BCUT2D eigenvalue weighted by atomic mass is 35.5. The zero-order chi connectivity index (χ0) is 14.9. The molecule has 1 aromatic carbocycles. The maximum atomic E-state index is 11.2. The molecule has 0 saturated heterocycles. The van der Waals surface area contributed by atoms with E-state index in [2.05, 4.69) is 10.3 Å². The molecule has 0 aliphatic rings. The third-order valence-electron chi connectivity index (χ3n) is 2.48. The van der Waals surface area contributed by atoms with Crippen LogP contribution in [0.2, 0.25) is 4.47 Å². The fraction of sp³-hybridized carbons (Fsp3) is 0.182. The molecular weight excluding hydrogens is 324 g/mol. The number of nitrogens with zero attached hydrogens (tertiary/aromatic N) is 1. The quantitative estimate of drug-likeness (QED) is 0.587. The first kappa shape index (κ1) is 15.0. The Morgan fingerprint density at radius 1 is 1.45 bits per heavy atom. The highest BCUT2D eigenvalue weighted by Crippen LogP contribution is 2.33. The van der Waals surface area contributed by atoms with Crippen molar-refractivity contribution >= 4 is 38.7 Å². The minimum absolute atomic E-state index is 0.210. The van der Waals surface area contributed by atoms with Crippen LogP contribution in [0.5, 0.6) is 5.75 Å². The SMILES string of the molecule is Cc1cc(NCc2cnc(Cl)s2)c(O)c(S(=O)(=O)O)c1. The van der Waals surface area contributed by atoms with Gasteiger partial charge in [0.15, 0.2) is 10.2 Å². The van der Waals surface area contributed by atoms with Crippen LogP contribution in [0.1, 0.15) is 10.4 Å². The summed E-state index contributed by atoms with van der Waals surface area (Å²) in [5.41, 5.74) is 0.794. The van der Waals surface area contributed by atoms with Gasteiger partial charge in [-0.25, -0.2) is 4.98 Å². The zero-order valence-electron chi connectivity index (χ0n) is 10.3. The Bertz CT molecular complexity index is 743. The molecule has 0 aliphatic carbocycles. The van der Waals surface area contributed by atoms with Gasteiger partial charge in [0.1, 0.15) is 4.90 Å². The number of thiazole rings is 1. The summed E-state index contributed by atoms with van der Waals surface area (Å²) in [5, 5.41) is 12.8. The molecule has 2 aromatic rings. The maximum absolute atomic E-state index is 11.2. The van der Waals surface area contributed by atoms with Crippen molar-refractivity contribution in [3.63, 3.8) is 0 Å². The van der Waals surface area contributed by atoms with E-state index < -0.39 is 20.8 Å². The van der Waals surface area contributed by atoms with Crippen LogP contribution in [0.25, 0.3) is 0 Å². The lowest BCUT2D eigenvalue weighted by atomic mass is 10.2. The Hall–Kier alpha value is -1.35. The second-order valence-electron chi connectivity index (χ2n) is 4.07. The minimum atomic E-state index is -4.48. The first-order valence-electron chi connectivity index (χ1n) is 5.42. The second-order valence-corrected chi connectivity index (χ2v) is 7.15. The van der Waals surface area contributed by atoms with E-state index in [9.17, 15) is 13.5 Å². The third-order valence-corrected chi connectivity index (χ3v) is 4.46. The number of halogens is 1. The first-order chi connectivity index (χ1) is 9.27. The Morgan fingerprint density at radius 2 is 2.15 bits per heavy atom. The molecule has 0 amide bonds. The standard InChI is InChI=1S/C11H11ClN2O4S2/c1-6-2-8(10(15)9(3-6)20(16,17)18)13-4-7-5-14-11(12)19-7/h2-3,5,13,15H,4H2,1H3,(H,16,17,18). The number of hydrogen-bond donors (Lipinski definition) is 3. The molecule has 0 saturated carbocycles. The van der Waals surface area contributed by atoms with E-state index in [-0.39, 0.29) is 5.69 Å². The van der Waals surface area contributed by atoms with Gasteiger partial charge in [0.25, 0.3) is 10.1 Å². The number of phenols is 1. The molecule has 0 aliphatic heterocycles. The number of benzene rings is 1. The molecule has 0 radical (unpaired) electrons. The van der Waals surface area contributed by atoms with Crippen LogP contribution in [0, 0.1) is 6.92 Å². The first-order valence-corrected chi connectivity index (χ1v) is 8.06. The van der Waals surface area contributed by atoms with Crippen LogP contribution in [0.15, 0.2) is 23.2 Å². The molecule has 20 heavy (non-hydrogen) atoms. The van der Waals surface area contributed by atoms with Crippen molar-refractivity contribution in [3.8, 4) is 5.75 Å². The number of phenolic OH excluding ortho intramolecular Hbond substituents is 1. The molecule has 0 atom stereocenters. The van der Waals surface area contributed by atoms with Gasteiger partial charge < -0.3 is 10.4 Å². The van der Waals surface area contributed by atoms with Crippen molar-refractivity contribution in [1.82, 2.24) is 4.98 Å². The summed E-state index contributed by atoms with van der Waals surface area (Å²) in [6.07, 6.45) is 1.58. The third kappa shape index (κ3) is 3.40. The van der Waals surface area contributed by atoms with Crippen LogP contribution in [0.4, 0.5) is 5.69 Å². The lowest BCUT2D eigenvalue weighted by Gasteiger charge is -2.11. The van der Waals surface area contributed by atoms with Gasteiger partial charge in [-0.2, -0.15) is 8.42 Å². The van der Waals surface area contributed by atoms with Crippen LogP contribution in [0.3, 0.4) is 0 Å². The zero-order valence-corrected chi connectivity index (χ0v) is 12.7. The van der Waals surface area contributed by atoms with Gasteiger partial charge in [0.2, 0.25) is 0 Å². The molecule has 108 valence electrons. The van der Waals surface area contributed by atoms with Crippen molar-refractivity contribution in [1.29, 1.82) is 0 Å². The maximum Gasteiger partial charge on any atom is 0.298 e. The van der Waals surface area contributed by atoms with Gasteiger partial charge in [-0.05, 0) is 24.6 Å². The second kappa shape index (κ2) is 5.57. The monoisotopic (exact) mass is 334 g/mol. The number of aromatic nitrogens is 1. The van der Waals surface area contributed by atoms with E-state index in [0.29, 0.717) is 16.6 Å². The number of aromatic hydroxyl groups is 1.